The fraction of sp³-hybridized carbons (Fsp3) is 0.120. The molecule has 0 spiro atoms. The van der Waals surface area contributed by atoms with Crippen molar-refractivity contribution in [1.82, 2.24) is 15.0 Å². The average molecular weight is 408 g/mol. The second-order valence-electron chi connectivity index (χ2n) is 7.32. The van der Waals surface area contributed by atoms with E-state index in [4.69, 9.17) is 9.84 Å². The molecule has 152 valence electrons. The van der Waals surface area contributed by atoms with E-state index in [1.165, 1.54) is 0 Å². The van der Waals surface area contributed by atoms with E-state index in [0.717, 1.165) is 27.9 Å². The number of fused-ring (bicyclic) bond motifs is 1. The average Bonchev–Trinajstić information content (AvgIpc) is 3.29. The lowest BCUT2D eigenvalue weighted by atomic mass is 9.97. The van der Waals surface area contributed by atoms with E-state index in [2.05, 4.69) is 9.97 Å². The molecular formula is C25H20N4O2. The Labute approximate surface area is 179 Å². The highest BCUT2D eigenvalue weighted by atomic mass is 16.5. The second kappa shape index (κ2) is 7.99. The van der Waals surface area contributed by atoms with Crippen molar-refractivity contribution in [2.45, 2.75) is 12.5 Å². The summed E-state index contributed by atoms with van der Waals surface area (Å²) in [7, 11) is 1.60. The van der Waals surface area contributed by atoms with E-state index >= 15 is 0 Å². The number of carbonyl (C=O) groups is 1. The summed E-state index contributed by atoms with van der Waals surface area (Å²) in [6, 6.07) is 22.8. The smallest absolute Gasteiger partial charge is 0.274 e. The van der Waals surface area contributed by atoms with Crippen molar-refractivity contribution >= 4 is 22.7 Å². The van der Waals surface area contributed by atoms with Gasteiger partial charge in [0.2, 0.25) is 0 Å². The first-order valence-electron chi connectivity index (χ1n) is 10.0. The summed E-state index contributed by atoms with van der Waals surface area (Å²) in [5, 5.41) is 6.33. The van der Waals surface area contributed by atoms with Gasteiger partial charge in [0, 0.05) is 24.4 Å². The zero-order valence-electron chi connectivity index (χ0n) is 17.0. The molecule has 0 radical (unpaired) electrons. The fourth-order valence-corrected chi connectivity index (χ4v) is 3.82. The largest absolute Gasteiger partial charge is 0.497 e. The molecule has 0 unspecified atom stereocenters. The van der Waals surface area contributed by atoms with Crippen molar-refractivity contribution < 1.29 is 9.53 Å². The first-order valence-corrected chi connectivity index (χ1v) is 10.0. The fourth-order valence-electron chi connectivity index (χ4n) is 3.82. The number of methoxy groups -OCH3 is 1. The molecule has 0 aliphatic carbocycles. The lowest BCUT2D eigenvalue weighted by molar-refractivity contribution is 0.0711. The van der Waals surface area contributed by atoms with Crippen LogP contribution in [0.1, 0.15) is 33.9 Å². The molecule has 1 amide bonds. The first-order chi connectivity index (χ1) is 15.2. The predicted molar refractivity (Wildman–Crippen MR) is 119 cm³/mol. The van der Waals surface area contributed by atoms with Crippen LogP contribution >= 0.6 is 0 Å². The highest BCUT2D eigenvalue weighted by Crippen LogP contribution is 2.35. The maximum absolute atomic E-state index is 13.4. The molecule has 0 bridgehead atoms. The summed E-state index contributed by atoms with van der Waals surface area (Å²) in [5.74, 6) is 0.550. The lowest BCUT2D eigenvalue weighted by Gasteiger charge is -2.22. The van der Waals surface area contributed by atoms with Gasteiger partial charge in [0.1, 0.15) is 5.75 Å². The van der Waals surface area contributed by atoms with Crippen LogP contribution in [0.4, 0.5) is 0 Å². The van der Waals surface area contributed by atoms with Gasteiger partial charge in [-0.05, 0) is 47.5 Å². The zero-order valence-corrected chi connectivity index (χ0v) is 17.0. The Balaban J connectivity index is 1.55. The van der Waals surface area contributed by atoms with Crippen LogP contribution in [-0.4, -0.2) is 33.7 Å². The SMILES string of the molecule is COc1ccc(C(=O)N2N=C(c3ccccc3)C[C@H]2c2ccc3nccnc3c2)cc1. The Bertz CT molecular complexity index is 1270. The molecule has 3 aromatic carbocycles. The van der Waals surface area contributed by atoms with Crippen molar-refractivity contribution in [3.63, 3.8) is 0 Å². The third-order valence-electron chi connectivity index (χ3n) is 5.44. The van der Waals surface area contributed by atoms with Crippen LogP contribution in [0.15, 0.2) is 90.3 Å². The van der Waals surface area contributed by atoms with Crippen molar-refractivity contribution in [2.24, 2.45) is 5.10 Å². The van der Waals surface area contributed by atoms with Crippen LogP contribution in [0, 0.1) is 0 Å². The van der Waals surface area contributed by atoms with Crippen LogP contribution in [0.25, 0.3) is 11.0 Å². The molecule has 6 heteroatoms. The van der Waals surface area contributed by atoms with E-state index in [0.29, 0.717) is 17.7 Å². The summed E-state index contributed by atoms with van der Waals surface area (Å²) in [4.78, 5) is 22.2. The predicted octanol–water partition coefficient (Wildman–Crippen LogP) is 4.63. The van der Waals surface area contributed by atoms with E-state index in [9.17, 15) is 4.79 Å². The van der Waals surface area contributed by atoms with E-state index in [1.54, 1.807) is 48.8 Å². The van der Waals surface area contributed by atoms with Crippen LogP contribution in [0.5, 0.6) is 5.75 Å². The molecule has 1 aliphatic rings. The van der Waals surface area contributed by atoms with Crippen LogP contribution in [0.2, 0.25) is 0 Å². The minimum atomic E-state index is -0.226. The Kier molecular flexibility index (Phi) is 4.88. The molecule has 6 nitrogen and oxygen atoms in total. The molecular weight excluding hydrogens is 388 g/mol. The maximum atomic E-state index is 13.4. The summed E-state index contributed by atoms with van der Waals surface area (Å²) >= 11 is 0. The number of amides is 1. The molecule has 5 rings (SSSR count). The van der Waals surface area contributed by atoms with Crippen LogP contribution in [-0.2, 0) is 0 Å². The van der Waals surface area contributed by atoms with Gasteiger partial charge in [-0.1, -0.05) is 36.4 Å². The third kappa shape index (κ3) is 3.64. The molecule has 0 fully saturated rings. The number of hydrazone groups is 1. The number of hydrogen-bond donors (Lipinski definition) is 0. The number of benzene rings is 3. The molecule has 0 N–H and O–H groups in total. The van der Waals surface area contributed by atoms with E-state index in [-0.39, 0.29) is 11.9 Å². The topological polar surface area (TPSA) is 67.7 Å². The Morgan fingerprint density at radius 1 is 0.935 bits per heavy atom. The molecule has 1 aromatic heterocycles. The molecule has 0 saturated heterocycles. The van der Waals surface area contributed by atoms with Gasteiger partial charge < -0.3 is 4.74 Å². The summed E-state index contributed by atoms with van der Waals surface area (Å²) in [6.07, 6.45) is 3.97. The first kappa shape index (κ1) is 18.9. The minimum Gasteiger partial charge on any atom is -0.497 e. The second-order valence-corrected chi connectivity index (χ2v) is 7.32. The standard InChI is InChI=1S/C25H20N4O2/c1-31-20-10-7-18(8-11-20)25(30)29-24(16-22(28-29)17-5-3-2-4-6-17)19-9-12-21-23(15-19)27-14-13-26-21/h2-15,24H,16H2,1H3/t24-/m0/s1. The number of aromatic nitrogens is 2. The molecule has 1 atom stereocenters. The van der Waals surface area contributed by atoms with E-state index in [1.807, 2.05) is 48.5 Å². The van der Waals surface area contributed by atoms with Gasteiger partial charge in [-0.3, -0.25) is 14.8 Å². The van der Waals surface area contributed by atoms with Gasteiger partial charge >= 0.3 is 0 Å². The van der Waals surface area contributed by atoms with Crippen molar-refractivity contribution in [3.05, 3.63) is 102 Å². The lowest BCUT2D eigenvalue weighted by Crippen LogP contribution is -2.27. The van der Waals surface area contributed by atoms with Crippen molar-refractivity contribution in [1.29, 1.82) is 0 Å². The van der Waals surface area contributed by atoms with Gasteiger partial charge in [0.05, 0.1) is 29.9 Å². The van der Waals surface area contributed by atoms with Gasteiger partial charge in [-0.2, -0.15) is 5.10 Å². The number of ether oxygens (including phenoxy) is 1. The van der Waals surface area contributed by atoms with Gasteiger partial charge in [0.15, 0.2) is 0 Å². The maximum Gasteiger partial charge on any atom is 0.274 e. The quantitative estimate of drug-likeness (QED) is 0.494. The van der Waals surface area contributed by atoms with Gasteiger partial charge in [-0.25, -0.2) is 5.01 Å². The Morgan fingerprint density at radius 3 is 2.42 bits per heavy atom. The third-order valence-corrected chi connectivity index (χ3v) is 5.44. The monoisotopic (exact) mass is 408 g/mol. The minimum absolute atomic E-state index is 0.155. The molecule has 31 heavy (non-hydrogen) atoms. The normalized spacial score (nSPS) is 15.7. The summed E-state index contributed by atoms with van der Waals surface area (Å²) < 4.78 is 5.22. The Hall–Kier alpha value is -4.06. The highest BCUT2D eigenvalue weighted by Gasteiger charge is 2.33. The van der Waals surface area contributed by atoms with Gasteiger partial charge in [-0.15, -0.1) is 0 Å². The molecule has 1 aliphatic heterocycles. The number of carbonyl (C=O) groups excluding carboxylic acids is 1. The zero-order chi connectivity index (χ0) is 21.2. The van der Waals surface area contributed by atoms with Crippen molar-refractivity contribution in [2.75, 3.05) is 7.11 Å². The van der Waals surface area contributed by atoms with Crippen LogP contribution in [0.3, 0.4) is 0 Å². The number of nitrogens with zero attached hydrogens (tertiary/aromatic N) is 4. The molecule has 0 saturated carbocycles. The number of rotatable bonds is 4. The summed E-state index contributed by atoms with van der Waals surface area (Å²) in [5.41, 5.74) is 5.05. The number of hydrogen-bond acceptors (Lipinski definition) is 5. The van der Waals surface area contributed by atoms with E-state index < -0.39 is 0 Å². The highest BCUT2D eigenvalue weighted by molar-refractivity contribution is 6.05. The van der Waals surface area contributed by atoms with Gasteiger partial charge in [0.25, 0.3) is 5.91 Å². The molecule has 2 heterocycles. The molecule has 4 aromatic rings. The van der Waals surface area contributed by atoms with Crippen LogP contribution < -0.4 is 4.74 Å². The summed E-state index contributed by atoms with van der Waals surface area (Å²) in [6.45, 7) is 0. The Morgan fingerprint density at radius 2 is 1.68 bits per heavy atom. The van der Waals surface area contributed by atoms with Crippen molar-refractivity contribution in [3.8, 4) is 5.75 Å².